The fourth-order valence-electron chi connectivity index (χ4n) is 3.53. The Morgan fingerprint density at radius 1 is 1.29 bits per heavy atom. The third-order valence-electron chi connectivity index (χ3n) is 4.59. The molecule has 2 aromatic heterocycles. The van der Waals surface area contributed by atoms with Crippen molar-refractivity contribution in [3.8, 4) is 0 Å². The van der Waals surface area contributed by atoms with Crippen molar-refractivity contribution in [3.05, 3.63) is 54.1 Å². The molecule has 126 valence electrons. The van der Waals surface area contributed by atoms with Crippen molar-refractivity contribution in [2.45, 2.75) is 30.8 Å². The number of aliphatic imine (C=N–C) groups is 1. The zero-order valence-electron chi connectivity index (χ0n) is 14.0. The molecule has 5 nitrogen and oxygen atoms in total. The molecule has 0 amide bonds. The van der Waals surface area contributed by atoms with Gasteiger partial charge in [-0.15, -0.1) is 0 Å². The lowest BCUT2D eigenvalue weighted by Gasteiger charge is -2.28. The normalized spacial score (nSPS) is 25.8. The first kappa shape index (κ1) is 15.7. The van der Waals surface area contributed by atoms with Gasteiger partial charge in [-0.05, 0) is 24.3 Å². The molecular weight excluding hydrogens is 320 g/mol. The third-order valence-corrected chi connectivity index (χ3v) is 5.69. The highest BCUT2D eigenvalue weighted by atomic mass is 32.2. The molecule has 1 saturated heterocycles. The number of methoxy groups -OCH3 is 1. The zero-order valence-corrected chi connectivity index (χ0v) is 14.8. The monoisotopic (exact) mass is 342 g/mol. The highest BCUT2D eigenvalue weighted by molar-refractivity contribution is 8.14. The number of hydrogen-bond donors (Lipinski definition) is 0. The molecule has 0 N–H and O–H groups in total. The van der Waals surface area contributed by atoms with E-state index in [0.717, 1.165) is 24.0 Å². The lowest BCUT2D eigenvalue weighted by Crippen LogP contribution is -2.30. The number of ether oxygens (including phenoxy) is 1. The summed E-state index contributed by atoms with van der Waals surface area (Å²) in [6.07, 6.45) is 3.99. The molecule has 0 aromatic carbocycles. The number of amidine groups is 1. The Bertz CT molecular complexity index is 730. The molecule has 3 atom stereocenters. The summed E-state index contributed by atoms with van der Waals surface area (Å²) in [5, 5.41) is 1.74. The van der Waals surface area contributed by atoms with Crippen LogP contribution in [0.25, 0.3) is 0 Å². The van der Waals surface area contributed by atoms with Crippen LogP contribution in [0, 0.1) is 0 Å². The van der Waals surface area contributed by atoms with Gasteiger partial charge in [0.1, 0.15) is 6.04 Å². The second-order valence-corrected chi connectivity index (χ2v) is 7.66. The Balaban J connectivity index is 1.72. The summed E-state index contributed by atoms with van der Waals surface area (Å²) >= 11 is 1.87. The van der Waals surface area contributed by atoms with Crippen LogP contribution in [0.15, 0.2) is 47.7 Å². The van der Waals surface area contributed by atoms with Crippen molar-refractivity contribution in [2.24, 2.45) is 4.99 Å². The van der Waals surface area contributed by atoms with Gasteiger partial charge in [0.25, 0.3) is 0 Å². The van der Waals surface area contributed by atoms with Crippen LogP contribution in [0.5, 0.6) is 0 Å². The van der Waals surface area contributed by atoms with E-state index < -0.39 is 0 Å². The minimum absolute atomic E-state index is 0.0531. The molecule has 0 bridgehead atoms. The molecule has 0 unspecified atom stereocenters. The Labute approximate surface area is 146 Å². The first-order chi connectivity index (χ1) is 11.8. The van der Waals surface area contributed by atoms with E-state index in [1.807, 2.05) is 30.1 Å². The van der Waals surface area contributed by atoms with Gasteiger partial charge in [-0.25, -0.2) is 0 Å². The second kappa shape index (κ2) is 6.61. The second-order valence-electron chi connectivity index (χ2n) is 6.26. The van der Waals surface area contributed by atoms with Gasteiger partial charge in [0.15, 0.2) is 5.17 Å². The van der Waals surface area contributed by atoms with Gasteiger partial charge < -0.3 is 14.2 Å². The van der Waals surface area contributed by atoms with Crippen LogP contribution in [-0.4, -0.2) is 45.1 Å². The zero-order chi connectivity index (χ0) is 16.5. The van der Waals surface area contributed by atoms with Crippen LogP contribution >= 0.6 is 11.8 Å². The van der Waals surface area contributed by atoms with E-state index in [4.69, 9.17) is 9.73 Å². The average Bonchev–Trinajstić information content (AvgIpc) is 3.27. The number of aromatic nitrogens is 2. The maximum atomic E-state index is 5.27. The molecular formula is C18H22N4OS. The van der Waals surface area contributed by atoms with E-state index in [1.54, 1.807) is 7.11 Å². The van der Waals surface area contributed by atoms with Crippen molar-refractivity contribution in [1.82, 2.24) is 14.5 Å². The van der Waals surface area contributed by atoms with Crippen LogP contribution in [0.2, 0.25) is 0 Å². The number of rotatable bonds is 5. The van der Waals surface area contributed by atoms with E-state index >= 15 is 0 Å². The molecule has 4 heterocycles. The summed E-state index contributed by atoms with van der Waals surface area (Å²) in [4.78, 5) is 12.1. The topological polar surface area (TPSA) is 42.6 Å². The lowest BCUT2D eigenvalue weighted by molar-refractivity contribution is 0.184. The number of thioether (sulfide) groups is 1. The fourth-order valence-corrected chi connectivity index (χ4v) is 4.62. The third kappa shape index (κ3) is 2.74. The summed E-state index contributed by atoms with van der Waals surface area (Å²) in [7, 11) is 1.75. The Morgan fingerprint density at radius 3 is 3.00 bits per heavy atom. The summed E-state index contributed by atoms with van der Waals surface area (Å²) < 4.78 is 7.56. The maximum absolute atomic E-state index is 5.27. The van der Waals surface area contributed by atoms with Crippen LogP contribution in [0.4, 0.5) is 0 Å². The van der Waals surface area contributed by atoms with E-state index in [2.05, 4.69) is 45.8 Å². The molecule has 1 fully saturated rings. The van der Waals surface area contributed by atoms with Gasteiger partial charge in [-0.3, -0.25) is 9.98 Å². The first-order valence-electron chi connectivity index (χ1n) is 8.34. The molecule has 0 aliphatic carbocycles. The molecule has 0 saturated carbocycles. The predicted octanol–water partition coefficient (Wildman–Crippen LogP) is 3.12. The molecule has 0 radical (unpaired) electrons. The van der Waals surface area contributed by atoms with E-state index in [9.17, 15) is 0 Å². The molecule has 2 aliphatic heterocycles. The summed E-state index contributed by atoms with van der Waals surface area (Å²) in [6.45, 7) is 4.87. The van der Waals surface area contributed by atoms with Crippen molar-refractivity contribution >= 4 is 16.9 Å². The van der Waals surface area contributed by atoms with Gasteiger partial charge >= 0.3 is 0 Å². The fraction of sp³-hybridized carbons (Fsp3) is 0.444. The summed E-state index contributed by atoms with van der Waals surface area (Å²) in [5.74, 6) is 0. The van der Waals surface area contributed by atoms with Crippen molar-refractivity contribution < 1.29 is 4.74 Å². The van der Waals surface area contributed by atoms with Crippen molar-refractivity contribution in [3.63, 3.8) is 0 Å². The molecule has 2 aliphatic rings. The number of fused-ring (bicyclic) bond motifs is 1. The smallest absolute Gasteiger partial charge is 0.160 e. The highest BCUT2D eigenvalue weighted by Crippen LogP contribution is 2.47. The Hall–Kier alpha value is -1.79. The largest absolute Gasteiger partial charge is 0.383 e. The predicted molar refractivity (Wildman–Crippen MR) is 97.2 cm³/mol. The summed E-state index contributed by atoms with van der Waals surface area (Å²) in [6, 6.07) is 10.7. The first-order valence-corrected chi connectivity index (χ1v) is 9.22. The van der Waals surface area contributed by atoms with Crippen molar-refractivity contribution in [2.75, 3.05) is 20.3 Å². The molecule has 24 heavy (non-hydrogen) atoms. The average molecular weight is 342 g/mol. The van der Waals surface area contributed by atoms with E-state index in [-0.39, 0.29) is 12.1 Å². The maximum Gasteiger partial charge on any atom is 0.160 e. The van der Waals surface area contributed by atoms with Crippen LogP contribution < -0.4 is 0 Å². The van der Waals surface area contributed by atoms with Gasteiger partial charge in [0, 0.05) is 43.5 Å². The lowest BCUT2D eigenvalue weighted by atomic mass is 10.0. The Morgan fingerprint density at radius 2 is 2.21 bits per heavy atom. The quantitative estimate of drug-likeness (QED) is 0.837. The van der Waals surface area contributed by atoms with Crippen molar-refractivity contribution in [1.29, 1.82) is 0 Å². The highest BCUT2D eigenvalue weighted by Gasteiger charge is 2.44. The van der Waals surface area contributed by atoms with Crippen LogP contribution in [0.1, 0.15) is 30.4 Å². The SMILES string of the molecule is COCCn1cccc1[C@@H]1[C@H](c2ccccn2)N=C2S[C@H](C)CN21. The minimum Gasteiger partial charge on any atom is -0.383 e. The molecule has 2 aromatic rings. The van der Waals surface area contributed by atoms with Gasteiger partial charge in [-0.2, -0.15) is 0 Å². The number of hydrogen-bond acceptors (Lipinski definition) is 5. The van der Waals surface area contributed by atoms with E-state index in [0.29, 0.717) is 11.9 Å². The number of pyridine rings is 1. The minimum atomic E-state index is 0.0531. The number of nitrogens with zero attached hydrogens (tertiary/aromatic N) is 4. The Kier molecular flexibility index (Phi) is 4.33. The standard InChI is InChI=1S/C18H22N4OS/c1-13-12-22-17(15-7-5-9-21(15)10-11-23-2)16(20-18(22)24-13)14-6-3-4-8-19-14/h3-9,13,16-17H,10-12H2,1-2H3/t13-,16+,17-/m1/s1. The van der Waals surface area contributed by atoms with Gasteiger partial charge in [0.2, 0.25) is 0 Å². The summed E-state index contributed by atoms with van der Waals surface area (Å²) in [5.41, 5.74) is 2.33. The van der Waals surface area contributed by atoms with E-state index in [1.165, 1.54) is 5.69 Å². The van der Waals surface area contributed by atoms with Gasteiger partial charge in [-0.1, -0.05) is 24.8 Å². The van der Waals surface area contributed by atoms with Crippen LogP contribution in [0.3, 0.4) is 0 Å². The molecule has 4 rings (SSSR count). The van der Waals surface area contributed by atoms with Crippen LogP contribution in [-0.2, 0) is 11.3 Å². The van der Waals surface area contributed by atoms with Gasteiger partial charge in [0.05, 0.1) is 18.3 Å². The molecule has 6 heteroatoms. The molecule has 0 spiro atoms.